The number of methoxy groups -OCH3 is 2. The van der Waals surface area contributed by atoms with Crippen molar-refractivity contribution in [1.29, 1.82) is 0 Å². The molecule has 148 valence electrons. The van der Waals surface area contributed by atoms with Crippen molar-refractivity contribution in [2.45, 2.75) is 25.8 Å². The Morgan fingerprint density at radius 1 is 1.11 bits per heavy atom. The zero-order valence-electron chi connectivity index (χ0n) is 16.5. The second-order valence-electron chi connectivity index (χ2n) is 6.90. The van der Waals surface area contributed by atoms with Crippen molar-refractivity contribution in [1.82, 2.24) is 10.2 Å². The largest absolute Gasteiger partial charge is 0.497 e. The van der Waals surface area contributed by atoms with Gasteiger partial charge >= 0.3 is 0 Å². The Morgan fingerprint density at radius 2 is 1.86 bits per heavy atom. The molecule has 6 nitrogen and oxygen atoms in total. The molecule has 1 saturated heterocycles. The Kier molecular flexibility index (Phi) is 6.19. The summed E-state index contributed by atoms with van der Waals surface area (Å²) in [5.41, 5.74) is 2.59. The number of hydrogen-bond donors (Lipinski definition) is 1. The van der Waals surface area contributed by atoms with Crippen LogP contribution < -0.4 is 14.8 Å². The van der Waals surface area contributed by atoms with Crippen LogP contribution in [0, 0.1) is 6.92 Å². The molecule has 1 fully saturated rings. The number of hydrogen-bond acceptors (Lipinski definition) is 4. The average molecular weight is 382 g/mol. The fraction of sp³-hybridized carbons (Fsp3) is 0.364. The third-order valence-electron chi connectivity index (χ3n) is 5.09. The number of benzene rings is 2. The topological polar surface area (TPSA) is 67.9 Å². The van der Waals surface area contributed by atoms with Crippen LogP contribution in [0.15, 0.2) is 42.5 Å². The normalized spacial score (nSPS) is 16.0. The van der Waals surface area contributed by atoms with Crippen LogP contribution in [0.1, 0.15) is 40.4 Å². The molecule has 0 aromatic heterocycles. The minimum atomic E-state index is -0.244. The molecule has 1 N–H and O–H groups in total. The lowest BCUT2D eigenvalue weighted by Crippen LogP contribution is -2.39. The van der Waals surface area contributed by atoms with Crippen LogP contribution in [0.3, 0.4) is 0 Å². The lowest BCUT2D eigenvalue weighted by atomic mass is 10.0. The van der Waals surface area contributed by atoms with Gasteiger partial charge in [-0.15, -0.1) is 0 Å². The summed E-state index contributed by atoms with van der Waals surface area (Å²) in [5.74, 6) is 1.07. The van der Waals surface area contributed by atoms with E-state index in [0.717, 1.165) is 24.0 Å². The van der Waals surface area contributed by atoms with Gasteiger partial charge in [0.15, 0.2) is 0 Å². The number of nitrogens with zero attached hydrogens (tertiary/aromatic N) is 1. The second kappa shape index (κ2) is 8.78. The molecule has 0 saturated carbocycles. The number of amides is 2. The van der Waals surface area contributed by atoms with Crippen molar-refractivity contribution in [2.75, 3.05) is 27.3 Å². The van der Waals surface area contributed by atoms with Crippen LogP contribution >= 0.6 is 0 Å². The van der Waals surface area contributed by atoms with Crippen molar-refractivity contribution in [3.63, 3.8) is 0 Å². The van der Waals surface area contributed by atoms with E-state index >= 15 is 0 Å². The maximum Gasteiger partial charge on any atom is 0.251 e. The van der Waals surface area contributed by atoms with Crippen LogP contribution in [0.4, 0.5) is 0 Å². The molecule has 1 aliphatic heterocycles. The van der Waals surface area contributed by atoms with Crippen LogP contribution in [0.25, 0.3) is 0 Å². The lowest BCUT2D eigenvalue weighted by molar-refractivity contribution is -0.131. The van der Waals surface area contributed by atoms with Gasteiger partial charge in [-0.25, -0.2) is 0 Å². The molecular weight excluding hydrogens is 356 g/mol. The van der Waals surface area contributed by atoms with Gasteiger partial charge in [0, 0.05) is 23.7 Å². The first-order valence-corrected chi connectivity index (χ1v) is 9.39. The number of ether oxygens (including phenoxy) is 2. The van der Waals surface area contributed by atoms with Crippen molar-refractivity contribution >= 4 is 11.8 Å². The summed E-state index contributed by atoms with van der Waals surface area (Å²) in [7, 11) is 3.22. The predicted octanol–water partition coefficient (Wildman–Crippen LogP) is 3.11. The summed E-state index contributed by atoms with van der Waals surface area (Å²) in [6, 6.07) is 12.9. The van der Waals surface area contributed by atoms with E-state index in [1.165, 1.54) is 0 Å². The van der Waals surface area contributed by atoms with E-state index in [1.54, 1.807) is 26.4 Å². The first-order valence-electron chi connectivity index (χ1n) is 9.39. The molecule has 0 bridgehead atoms. The minimum Gasteiger partial charge on any atom is -0.497 e. The summed E-state index contributed by atoms with van der Waals surface area (Å²) in [6.45, 7) is 2.60. The Morgan fingerprint density at radius 3 is 2.54 bits per heavy atom. The molecule has 1 aliphatic rings. The van der Waals surface area contributed by atoms with Gasteiger partial charge in [-0.1, -0.05) is 17.7 Å². The highest BCUT2D eigenvalue weighted by atomic mass is 16.5. The number of nitrogens with one attached hydrogen (secondary N) is 1. The van der Waals surface area contributed by atoms with Crippen molar-refractivity contribution in [3.05, 3.63) is 59.2 Å². The maximum absolute atomic E-state index is 12.8. The van der Waals surface area contributed by atoms with Gasteiger partial charge in [0.25, 0.3) is 5.91 Å². The van der Waals surface area contributed by atoms with E-state index < -0.39 is 0 Å². The molecule has 2 amide bonds. The average Bonchev–Trinajstić information content (AvgIpc) is 3.21. The highest BCUT2D eigenvalue weighted by Gasteiger charge is 2.32. The van der Waals surface area contributed by atoms with E-state index in [4.69, 9.17) is 9.47 Å². The summed E-state index contributed by atoms with van der Waals surface area (Å²) in [4.78, 5) is 26.9. The third-order valence-corrected chi connectivity index (χ3v) is 5.09. The van der Waals surface area contributed by atoms with Crippen molar-refractivity contribution in [2.24, 2.45) is 0 Å². The van der Waals surface area contributed by atoms with E-state index in [2.05, 4.69) is 5.32 Å². The Hall–Kier alpha value is -3.02. The quantitative estimate of drug-likeness (QED) is 0.834. The van der Waals surface area contributed by atoms with Crippen molar-refractivity contribution < 1.29 is 19.1 Å². The van der Waals surface area contributed by atoms with Crippen molar-refractivity contribution in [3.8, 4) is 11.5 Å². The molecule has 2 aromatic rings. The highest BCUT2D eigenvalue weighted by Crippen LogP contribution is 2.38. The molecule has 0 radical (unpaired) electrons. The highest BCUT2D eigenvalue weighted by molar-refractivity contribution is 5.96. The van der Waals surface area contributed by atoms with Gasteiger partial charge in [0.05, 0.1) is 26.8 Å². The van der Waals surface area contributed by atoms with Gasteiger partial charge in [-0.3, -0.25) is 9.59 Å². The van der Waals surface area contributed by atoms with E-state index in [-0.39, 0.29) is 24.4 Å². The molecule has 2 aromatic carbocycles. The van der Waals surface area contributed by atoms with Gasteiger partial charge < -0.3 is 19.7 Å². The monoisotopic (exact) mass is 382 g/mol. The number of carbonyl (C=O) groups excluding carboxylic acids is 2. The Labute approximate surface area is 165 Å². The van der Waals surface area contributed by atoms with Gasteiger partial charge in [0.1, 0.15) is 11.5 Å². The van der Waals surface area contributed by atoms with Gasteiger partial charge in [-0.2, -0.15) is 0 Å². The fourth-order valence-corrected chi connectivity index (χ4v) is 3.55. The van der Waals surface area contributed by atoms with E-state index in [9.17, 15) is 9.59 Å². The molecule has 3 rings (SSSR count). The van der Waals surface area contributed by atoms with Crippen LogP contribution in [-0.2, 0) is 4.79 Å². The van der Waals surface area contributed by atoms with Crippen LogP contribution in [0.2, 0.25) is 0 Å². The Bertz CT molecular complexity index is 848. The zero-order chi connectivity index (χ0) is 20.1. The zero-order valence-corrected chi connectivity index (χ0v) is 16.5. The number of aryl methyl sites for hydroxylation is 1. The standard InChI is InChI=1S/C22H26N2O4/c1-15-6-8-16(9-7-15)22(26)23-14-21(25)24-12-4-5-19(24)18-11-10-17(27-2)13-20(18)28-3/h6-11,13,19H,4-5,12,14H2,1-3H3,(H,23,26). The maximum atomic E-state index is 12.8. The minimum absolute atomic E-state index is 0.0261. The van der Waals surface area contributed by atoms with Crippen LogP contribution in [0.5, 0.6) is 11.5 Å². The summed E-state index contributed by atoms with van der Waals surface area (Å²) in [6.07, 6.45) is 1.78. The fourth-order valence-electron chi connectivity index (χ4n) is 3.55. The SMILES string of the molecule is COc1ccc(C2CCCN2C(=O)CNC(=O)c2ccc(C)cc2)c(OC)c1. The third kappa shape index (κ3) is 4.27. The molecule has 1 atom stereocenters. The van der Waals surface area contributed by atoms with Gasteiger partial charge in [0.2, 0.25) is 5.91 Å². The molecule has 1 heterocycles. The molecule has 1 unspecified atom stereocenters. The lowest BCUT2D eigenvalue weighted by Gasteiger charge is -2.26. The predicted molar refractivity (Wildman–Crippen MR) is 107 cm³/mol. The molecule has 28 heavy (non-hydrogen) atoms. The molecule has 6 heteroatoms. The number of rotatable bonds is 6. The summed E-state index contributed by atoms with van der Waals surface area (Å²) in [5, 5.41) is 2.73. The summed E-state index contributed by atoms with van der Waals surface area (Å²) < 4.78 is 10.8. The number of likely N-dealkylation sites (tertiary alicyclic amines) is 1. The van der Waals surface area contributed by atoms with Gasteiger partial charge in [-0.05, 0) is 44.0 Å². The summed E-state index contributed by atoms with van der Waals surface area (Å²) >= 11 is 0. The van der Waals surface area contributed by atoms with Crippen LogP contribution in [-0.4, -0.2) is 44.0 Å². The number of carbonyl (C=O) groups is 2. The first-order chi connectivity index (χ1) is 13.5. The van der Waals surface area contributed by atoms with E-state index in [1.807, 2.05) is 42.2 Å². The smallest absolute Gasteiger partial charge is 0.251 e. The molecule has 0 aliphatic carbocycles. The Balaban J connectivity index is 1.68. The second-order valence-corrected chi connectivity index (χ2v) is 6.90. The molecule has 0 spiro atoms. The molecular formula is C22H26N2O4. The first kappa shape index (κ1) is 19.7. The van der Waals surface area contributed by atoms with E-state index in [0.29, 0.717) is 23.6 Å².